The molecule has 1 aromatic heterocycles. The van der Waals surface area contributed by atoms with Gasteiger partial charge in [0.2, 0.25) is 0 Å². The number of ether oxygens (including phenoxy) is 1. The van der Waals surface area contributed by atoms with Gasteiger partial charge in [0, 0.05) is 38.7 Å². The predicted octanol–water partition coefficient (Wildman–Crippen LogP) is 2.11. The molecule has 0 aliphatic carbocycles. The molecule has 0 saturated carbocycles. The van der Waals surface area contributed by atoms with Gasteiger partial charge in [0.1, 0.15) is 5.75 Å². The van der Waals surface area contributed by atoms with Crippen LogP contribution in [0.2, 0.25) is 0 Å². The van der Waals surface area contributed by atoms with Crippen molar-refractivity contribution in [2.75, 3.05) is 0 Å². The second-order valence-corrected chi connectivity index (χ2v) is 8.60. The molecule has 0 aliphatic heterocycles. The Morgan fingerprint density at radius 3 is 2.59 bits per heavy atom. The van der Waals surface area contributed by atoms with Crippen LogP contribution in [0.1, 0.15) is 11.1 Å². The van der Waals surface area contributed by atoms with Crippen molar-refractivity contribution in [2.24, 2.45) is 0 Å². The van der Waals surface area contributed by atoms with Gasteiger partial charge in [-0.15, -0.1) is 0 Å². The van der Waals surface area contributed by atoms with E-state index in [0.717, 1.165) is 25.0 Å². The Hall–Kier alpha value is -2.34. The van der Waals surface area contributed by atoms with Crippen molar-refractivity contribution in [3.63, 3.8) is 0 Å². The molecule has 152 valence electrons. The molecular weight excluding hydrogens is 499 g/mol. The van der Waals surface area contributed by atoms with Gasteiger partial charge >= 0.3 is 29.6 Å². The number of nitriles is 1. The summed E-state index contributed by atoms with van der Waals surface area (Å²) in [5, 5.41) is 22.2. The predicted molar refractivity (Wildman–Crippen MR) is 120 cm³/mol. The van der Waals surface area contributed by atoms with E-state index in [2.05, 4.69) is 27.0 Å². The fourth-order valence-corrected chi connectivity index (χ4v) is 4.53. The summed E-state index contributed by atoms with van der Waals surface area (Å²) in [4.78, 5) is 16.9. The fraction of sp³-hybridized carbons (Fsp3) is 0.0417. The van der Waals surface area contributed by atoms with Crippen molar-refractivity contribution >= 4 is 44.4 Å². The third-order valence-corrected chi connectivity index (χ3v) is 6.22. The third kappa shape index (κ3) is 5.52. The maximum absolute atomic E-state index is 11.2. The maximum Gasteiger partial charge on any atom is 1.00 e. The van der Waals surface area contributed by atoms with Crippen LogP contribution in [-0.4, -0.2) is 11.0 Å². The molecule has 4 rings (SSSR count). The summed E-state index contributed by atoms with van der Waals surface area (Å²) in [6.45, 7) is 0. The van der Waals surface area contributed by atoms with E-state index in [4.69, 9.17) is 4.74 Å². The topological polar surface area (TPSA) is 86.0 Å². The van der Waals surface area contributed by atoms with E-state index in [-0.39, 0.29) is 36.0 Å². The van der Waals surface area contributed by atoms with E-state index in [1.807, 2.05) is 42.5 Å². The van der Waals surface area contributed by atoms with Crippen molar-refractivity contribution < 1.29 is 44.2 Å². The van der Waals surface area contributed by atoms with Gasteiger partial charge < -0.3 is 14.6 Å². The molecule has 0 radical (unpaired) electrons. The average Bonchev–Trinajstić information content (AvgIpc) is 2.76. The number of aromatic nitrogens is 1. The second kappa shape index (κ2) is 11.0. The zero-order valence-electron chi connectivity index (χ0n) is 17.0. The van der Waals surface area contributed by atoms with Crippen molar-refractivity contribution in [1.29, 1.82) is 5.26 Å². The molecular formula is C24H14BrN2NaO3S. The quantitative estimate of drug-likeness (QED) is 0.368. The summed E-state index contributed by atoms with van der Waals surface area (Å²) in [6, 6.07) is 20.6. The zero-order chi connectivity index (χ0) is 21.8. The number of hydrogen-bond acceptors (Lipinski definition) is 6. The van der Waals surface area contributed by atoms with Gasteiger partial charge in [0.25, 0.3) is 0 Å². The molecule has 0 unspecified atom stereocenters. The van der Waals surface area contributed by atoms with Gasteiger partial charge in [0.15, 0.2) is 5.75 Å². The number of carbonyl (C=O) groups excluding carboxylic acids is 1. The molecule has 32 heavy (non-hydrogen) atoms. The Morgan fingerprint density at radius 1 is 1.06 bits per heavy atom. The second-order valence-electron chi connectivity index (χ2n) is 6.60. The first-order valence-corrected chi connectivity index (χ1v) is 10.9. The summed E-state index contributed by atoms with van der Waals surface area (Å²) in [5.74, 6) is -0.00454. The van der Waals surface area contributed by atoms with E-state index in [1.165, 1.54) is 11.8 Å². The first-order chi connectivity index (χ1) is 15.0. The Kier molecular flexibility index (Phi) is 8.35. The van der Waals surface area contributed by atoms with Crippen LogP contribution in [0.3, 0.4) is 0 Å². The molecule has 0 atom stereocenters. The van der Waals surface area contributed by atoms with E-state index in [9.17, 15) is 15.2 Å². The van der Waals surface area contributed by atoms with Crippen molar-refractivity contribution in [3.05, 3.63) is 88.7 Å². The van der Waals surface area contributed by atoms with E-state index >= 15 is 0 Å². The summed E-state index contributed by atoms with van der Waals surface area (Å²) in [5.41, 5.74) is 1.22. The SMILES string of the molecule is N#Cc1ccc(Oc2cnccc2Sc2ccc(Br)cc2CC(=O)[O-])c2ccccc12.[Na+]. The molecule has 0 fully saturated rings. The van der Waals surface area contributed by atoms with Crippen LogP contribution in [0.15, 0.2) is 87.3 Å². The Morgan fingerprint density at radius 2 is 1.84 bits per heavy atom. The molecule has 0 aliphatic rings. The Bertz CT molecular complexity index is 1340. The van der Waals surface area contributed by atoms with Crippen molar-refractivity contribution in [3.8, 4) is 17.6 Å². The number of nitrogens with zero attached hydrogens (tertiary/aromatic N) is 2. The number of fused-ring (bicyclic) bond motifs is 1. The van der Waals surface area contributed by atoms with Gasteiger partial charge in [-0.05, 0) is 42.0 Å². The third-order valence-electron chi connectivity index (χ3n) is 4.55. The van der Waals surface area contributed by atoms with Crippen LogP contribution < -0.4 is 39.4 Å². The molecule has 1 heterocycles. The standard InChI is InChI=1S/C24H15BrN2O3S.Na/c25-17-6-8-22(16(11-17)12-24(28)29)31-23-9-10-27-14-21(23)30-20-7-5-15(13-26)18-3-1-2-4-19(18)20;/h1-11,14H,12H2,(H,28,29);/q;+1/p-1. The molecule has 0 amide bonds. The number of carbonyl (C=O) groups is 1. The average molecular weight is 513 g/mol. The number of rotatable bonds is 6. The van der Waals surface area contributed by atoms with E-state index < -0.39 is 5.97 Å². The molecule has 0 saturated heterocycles. The minimum Gasteiger partial charge on any atom is -0.550 e. The summed E-state index contributed by atoms with van der Waals surface area (Å²) >= 11 is 4.78. The Balaban J connectivity index is 0.00000289. The molecule has 0 bridgehead atoms. The molecule has 0 spiro atoms. The van der Waals surface area contributed by atoms with E-state index in [0.29, 0.717) is 22.6 Å². The first-order valence-electron chi connectivity index (χ1n) is 9.25. The van der Waals surface area contributed by atoms with Crippen LogP contribution in [-0.2, 0) is 11.2 Å². The van der Waals surface area contributed by atoms with Gasteiger partial charge in [-0.25, -0.2) is 0 Å². The number of carboxylic acid groups (broad SMARTS) is 1. The van der Waals surface area contributed by atoms with E-state index in [1.54, 1.807) is 30.6 Å². The molecule has 5 nitrogen and oxygen atoms in total. The van der Waals surface area contributed by atoms with Gasteiger partial charge in [-0.1, -0.05) is 52.0 Å². The zero-order valence-corrected chi connectivity index (χ0v) is 21.4. The first kappa shape index (κ1) is 24.3. The van der Waals surface area contributed by atoms with Crippen LogP contribution in [0.25, 0.3) is 10.8 Å². The molecule has 8 heteroatoms. The number of hydrogen-bond donors (Lipinski definition) is 0. The van der Waals surface area contributed by atoms with Crippen LogP contribution in [0, 0.1) is 11.3 Å². The minimum absolute atomic E-state index is 0. The summed E-state index contributed by atoms with van der Waals surface area (Å²) in [7, 11) is 0. The Labute approximate surface area is 219 Å². The van der Waals surface area contributed by atoms with Crippen LogP contribution in [0.4, 0.5) is 0 Å². The monoisotopic (exact) mass is 512 g/mol. The van der Waals surface area contributed by atoms with Crippen LogP contribution >= 0.6 is 27.7 Å². The van der Waals surface area contributed by atoms with Crippen molar-refractivity contribution in [2.45, 2.75) is 16.2 Å². The number of benzene rings is 3. The van der Waals surface area contributed by atoms with Crippen LogP contribution in [0.5, 0.6) is 11.5 Å². The number of pyridine rings is 1. The van der Waals surface area contributed by atoms with Gasteiger partial charge in [-0.2, -0.15) is 5.26 Å². The number of aliphatic carboxylic acids is 1. The number of carboxylic acids is 1. The molecule has 0 N–H and O–H groups in total. The summed E-state index contributed by atoms with van der Waals surface area (Å²) in [6.07, 6.45) is 3.08. The van der Waals surface area contributed by atoms with Gasteiger partial charge in [-0.3, -0.25) is 4.98 Å². The number of halogens is 1. The normalized spacial score (nSPS) is 10.2. The van der Waals surface area contributed by atoms with Crippen molar-refractivity contribution in [1.82, 2.24) is 4.98 Å². The minimum atomic E-state index is -1.14. The molecule has 3 aromatic carbocycles. The smallest absolute Gasteiger partial charge is 0.550 e. The fourth-order valence-electron chi connectivity index (χ4n) is 3.16. The summed E-state index contributed by atoms with van der Waals surface area (Å²) < 4.78 is 7.00. The molecule has 4 aromatic rings. The maximum atomic E-state index is 11.2. The van der Waals surface area contributed by atoms with Gasteiger partial charge in [0.05, 0.1) is 22.7 Å². The largest absolute Gasteiger partial charge is 1.00 e.